The Hall–Kier alpha value is -2.06. The Morgan fingerprint density at radius 2 is 1.78 bits per heavy atom. The summed E-state index contributed by atoms with van der Waals surface area (Å²) >= 11 is 0. The molecule has 0 amide bonds. The van der Waals surface area contributed by atoms with E-state index in [1.165, 1.54) is 60.9 Å². The van der Waals surface area contributed by atoms with Crippen molar-refractivity contribution in [2.24, 2.45) is 5.92 Å². The van der Waals surface area contributed by atoms with Crippen molar-refractivity contribution in [3.63, 3.8) is 0 Å². The van der Waals surface area contributed by atoms with Crippen molar-refractivity contribution >= 4 is 5.70 Å². The highest BCUT2D eigenvalue weighted by Gasteiger charge is 2.57. The molecule has 2 fully saturated rings. The minimum Gasteiger partial charge on any atom is -0.353 e. The van der Waals surface area contributed by atoms with E-state index in [1.54, 1.807) is 5.57 Å². The van der Waals surface area contributed by atoms with Gasteiger partial charge in [-0.15, -0.1) is 0 Å². The number of hydrogen-bond acceptors (Lipinski definition) is 2. The van der Waals surface area contributed by atoms with E-state index < -0.39 is 0 Å². The van der Waals surface area contributed by atoms with Gasteiger partial charge in [-0.3, -0.25) is 0 Å². The fourth-order valence-corrected chi connectivity index (χ4v) is 6.47. The summed E-state index contributed by atoms with van der Waals surface area (Å²) in [5, 5.41) is 0. The third-order valence-electron chi connectivity index (χ3n) is 7.45. The van der Waals surface area contributed by atoms with Crippen molar-refractivity contribution in [1.29, 1.82) is 0 Å². The lowest BCUT2D eigenvalue weighted by Gasteiger charge is -2.56. The zero-order chi connectivity index (χ0) is 17.8. The van der Waals surface area contributed by atoms with Crippen molar-refractivity contribution in [3.8, 4) is 0 Å². The molecule has 1 saturated carbocycles. The number of allylic oxidation sites excluding steroid dienone is 1. The molecule has 1 saturated heterocycles. The molecule has 2 heterocycles. The van der Waals surface area contributed by atoms with Crippen LogP contribution in [0, 0.1) is 5.92 Å². The van der Waals surface area contributed by atoms with E-state index in [-0.39, 0.29) is 5.72 Å². The van der Waals surface area contributed by atoms with E-state index >= 15 is 0 Å². The van der Waals surface area contributed by atoms with Crippen LogP contribution >= 0.6 is 0 Å². The van der Waals surface area contributed by atoms with Crippen molar-refractivity contribution in [1.82, 2.24) is 4.90 Å². The molecule has 4 aliphatic rings. The first-order valence-electron chi connectivity index (χ1n) is 10.7. The smallest absolute Gasteiger partial charge is 0.145 e. The molecule has 2 aliphatic heterocycles. The molecule has 3 atom stereocenters. The normalized spacial score (nSPS) is 31.8. The van der Waals surface area contributed by atoms with E-state index in [0.29, 0.717) is 11.8 Å². The second-order valence-electron chi connectivity index (χ2n) is 8.62. The lowest BCUT2D eigenvalue weighted by atomic mass is 9.63. The van der Waals surface area contributed by atoms with Gasteiger partial charge in [0.05, 0.1) is 6.61 Å². The molecule has 0 aromatic heterocycles. The van der Waals surface area contributed by atoms with Gasteiger partial charge in [-0.25, -0.2) is 0 Å². The Bertz CT molecular complexity index is 902. The second kappa shape index (κ2) is 5.97. The molecule has 0 N–H and O–H groups in total. The molecule has 0 unspecified atom stereocenters. The molecular weight excluding hydrogens is 330 g/mol. The van der Waals surface area contributed by atoms with Crippen LogP contribution in [0.4, 0.5) is 0 Å². The summed E-state index contributed by atoms with van der Waals surface area (Å²) in [5.74, 6) is 1.09. The van der Waals surface area contributed by atoms with Gasteiger partial charge in [0.25, 0.3) is 0 Å². The first kappa shape index (κ1) is 15.9. The fraction of sp³-hybridized carbons (Fsp3) is 0.440. The zero-order valence-electron chi connectivity index (χ0n) is 15.9. The maximum atomic E-state index is 6.66. The predicted molar refractivity (Wildman–Crippen MR) is 108 cm³/mol. The monoisotopic (exact) mass is 357 g/mol. The third-order valence-corrected chi connectivity index (χ3v) is 7.45. The molecule has 0 bridgehead atoms. The number of benzene rings is 2. The quantitative estimate of drug-likeness (QED) is 0.681. The van der Waals surface area contributed by atoms with Crippen LogP contribution in [0.3, 0.4) is 0 Å². The standard InChI is InChI=1S/C25H27NO/c1-2-9-19(10-3-1)23-21-14-13-18-8-4-5-11-20(18)24(21)26-16-17-27-25(26)15-7-6-12-22(23)25/h1-5,8-11,22-23H,6-7,12-17H2/t22-,23+,25+/m0/s1. The molecular formula is C25H27NO. The van der Waals surface area contributed by atoms with Crippen LogP contribution in [0.5, 0.6) is 0 Å². The minimum absolute atomic E-state index is 0.0813. The molecule has 2 nitrogen and oxygen atoms in total. The molecule has 2 aromatic rings. The molecule has 1 spiro atoms. The molecule has 27 heavy (non-hydrogen) atoms. The van der Waals surface area contributed by atoms with Crippen LogP contribution in [0.1, 0.15) is 54.7 Å². The highest BCUT2D eigenvalue weighted by atomic mass is 16.5. The Balaban J connectivity index is 1.62. The summed E-state index contributed by atoms with van der Waals surface area (Å²) in [6, 6.07) is 20.4. The summed E-state index contributed by atoms with van der Waals surface area (Å²) in [4.78, 5) is 2.70. The molecule has 6 rings (SSSR count). The van der Waals surface area contributed by atoms with E-state index in [0.717, 1.165) is 13.2 Å². The zero-order valence-corrected chi connectivity index (χ0v) is 15.9. The van der Waals surface area contributed by atoms with Crippen molar-refractivity contribution < 1.29 is 4.74 Å². The summed E-state index contributed by atoms with van der Waals surface area (Å²) in [6.45, 7) is 1.92. The van der Waals surface area contributed by atoms with Gasteiger partial charge in [-0.2, -0.15) is 0 Å². The highest BCUT2D eigenvalue weighted by molar-refractivity contribution is 5.75. The van der Waals surface area contributed by atoms with Crippen molar-refractivity contribution in [2.45, 2.75) is 50.2 Å². The Labute approximate surface area is 161 Å². The van der Waals surface area contributed by atoms with E-state index in [9.17, 15) is 0 Å². The van der Waals surface area contributed by atoms with E-state index in [2.05, 4.69) is 59.5 Å². The van der Waals surface area contributed by atoms with Gasteiger partial charge < -0.3 is 9.64 Å². The summed E-state index contributed by atoms with van der Waals surface area (Å²) in [5.41, 5.74) is 7.58. The van der Waals surface area contributed by atoms with Crippen LogP contribution in [0.25, 0.3) is 5.70 Å². The third kappa shape index (κ3) is 2.17. The van der Waals surface area contributed by atoms with Crippen LogP contribution in [0.2, 0.25) is 0 Å². The van der Waals surface area contributed by atoms with Gasteiger partial charge in [0.15, 0.2) is 0 Å². The topological polar surface area (TPSA) is 12.5 Å². The Morgan fingerprint density at radius 1 is 0.926 bits per heavy atom. The van der Waals surface area contributed by atoms with Gasteiger partial charge in [0.2, 0.25) is 0 Å². The predicted octanol–water partition coefficient (Wildman–Crippen LogP) is 5.36. The Kier molecular flexibility index (Phi) is 3.53. The van der Waals surface area contributed by atoms with E-state index in [4.69, 9.17) is 4.74 Å². The van der Waals surface area contributed by atoms with E-state index in [1.807, 2.05) is 0 Å². The number of rotatable bonds is 1. The molecule has 0 radical (unpaired) electrons. The SMILES string of the molecule is c1ccc([C@@H]2C3=C(c4ccccc4CC3)N3CCO[C@@]34CCCC[C@@H]24)cc1. The second-order valence-corrected chi connectivity index (χ2v) is 8.62. The van der Waals surface area contributed by atoms with Gasteiger partial charge in [-0.1, -0.05) is 61.0 Å². The van der Waals surface area contributed by atoms with Crippen LogP contribution < -0.4 is 0 Å². The number of hydrogen-bond donors (Lipinski definition) is 0. The number of ether oxygens (including phenoxy) is 1. The maximum absolute atomic E-state index is 6.66. The lowest BCUT2D eigenvalue weighted by Crippen LogP contribution is -2.57. The minimum atomic E-state index is -0.0813. The largest absolute Gasteiger partial charge is 0.353 e. The molecule has 138 valence electrons. The summed E-state index contributed by atoms with van der Waals surface area (Å²) in [6.07, 6.45) is 7.46. The average molecular weight is 357 g/mol. The van der Waals surface area contributed by atoms with Gasteiger partial charge in [0, 0.05) is 29.6 Å². The molecule has 2 aromatic carbocycles. The van der Waals surface area contributed by atoms with Crippen molar-refractivity contribution in [3.05, 3.63) is 76.9 Å². The highest BCUT2D eigenvalue weighted by Crippen LogP contribution is 2.59. The maximum Gasteiger partial charge on any atom is 0.145 e. The summed E-state index contributed by atoms with van der Waals surface area (Å²) < 4.78 is 6.66. The number of fused-ring (bicyclic) bond motifs is 3. The Morgan fingerprint density at radius 3 is 2.70 bits per heavy atom. The van der Waals surface area contributed by atoms with Crippen LogP contribution in [-0.2, 0) is 11.2 Å². The van der Waals surface area contributed by atoms with Gasteiger partial charge in [-0.05, 0) is 48.8 Å². The number of aryl methyl sites for hydroxylation is 1. The number of nitrogens with zero attached hydrogens (tertiary/aromatic N) is 1. The fourth-order valence-electron chi connectivity index (χ4n) is 6.47. The van der Waals surface area contributed by atoms with Crippen LogP contribution in [0.15, 0.2) is 60.2 Å². The van der Waals surface area contributed by atoms with Gasteiger partial charge in [0.1, 0.15) is 5.72 Å². The first-order valence-corrected chi connectivity index (χ1v) is 10.7. The first-order chi connectivity index (χ1) is 13.4. The average Bonchev–Trinajstić information content (AvgIpc) is 3.15. The summed E-state index contributed by atoms with van der Waals surface area (Å²) in [7, 11) is 0. The van der Waals surface area contributed by atoms with Crippen LogP contribution in [-0.4, -0.2) is 23.8 Å². The lowest BCUT2D eigenvalue weighted by molar-refractivity contribution is -0.138. The van der Waals surface area contributed by atoms with Crippen molar-refractivity contribution in [2.75, 3.05) is 13.2 Å². The molecule has 2 heteroatoms. The molecule has 2 aliphatic carbocycles. The van der Waals surface area contributed by atoms with Gasteiger partial charge >= 0.3 is 0 Å².